The lowest BCUT2D eigenvalue weighted by Gasteiger charge is -2.08. The largest absolute Gasteiger partial charge is 0.497 e. The summed E-state index contributed by atoms with van der Waals surface area (Å²) < 4.78 is 23.2. The summed E-state index contributed by atoms with van der Waals surface area (Å²) in [5.41, 5.74) is 0.524. The Hall–Kier alpha value is -0.770. The summed E-state index contributed by atoms with van der Waals surface area (Å²) in [6, 6.07) is 3.15. The Bertz CT molecular complexity index is 277. The average Bonchev–Trinajstić information content (AvgIpc) is 2.18. The van der Waals surface area contributed by atoms with E-state index in [4.69, 9.17) is 9.47 Å². The van der Waals surface area contributed by atoms with E-state index in [1.54, 1.807) is 6.07 Å². The van der Waals surface area contributed by atoms with E-state index in [9.17, 15) is 4.39 Å². The first-order valence-electron chi connectivity index (χ1n) is 3.69. The zero-order valence-corrected chi connectivity index (χ0v) is 9.02. The number of methoxy groups -OCH3 is 2. The van der Waals surface area contributed by atoms with E-state index < -0.39 is 0 Å². The number of halogens is 2. The molecule has 1 aromatic rings. The van der Waals surface area contributed by atoms with Crippen LogP contribution < -0.4 is 9.47 Å². The fourth-order valence-corrected chi connectivity index (χ4v) is 1.40. The molecule has 0 atom stereocenters. The highest BCUT2D eigenvalue weighted by Gasteiger charge is 2.10. The van der Waals surface area contributed by atoms with Crippen LogP contribution in [0.2, 0.25) is 0 Å². The first-order chi connectivity index (χ1) is 6.22. The van der Waals surface area contributed by atoms with E-state index >= 15 is 0 Å². The summed E-state index contributed by atoms with van der Waals surface area (Å²) >= 11 is 3.18. The Labute approximate surface area is 84.8 Å². The molecule has 0 heterocycles. The maximum absolute atomic E-state index is 13.4. The van der Waals surface area contributed by atoms with E-state index in [0.29, 0.717) is 16.6 Å². The van der Waals surface area contributed by atoms with Gasteiger partial charge in [0.1, 0.15) is 5.75 Å². The molecule has 0 unspecified atom stereocenters. The topological polar surface area (TPSA) is 18.5 Å². The third kappa shape index (κ3) is 2.12. The van der Waals surface area contributed by atoms with Gasteiger partial charge in [-0.2, -0.15) is 0 Å². The van der Waals surface area contributed by atoms with Crippen LogP contribution in [0.3, 0.4) is 0 Å². The van der Waals surface area contributed by atoms with Crippen molar-refractivity contribution in [3.05, 3.63) is 23.5 Å². The summed E-state index contributed by atoms with van der Waals surface area (Å²) in [5, 5.41) is 0.437. The van der Waals surface area contributed by atoms with Crippen LogP contribution in [0.25, 0.3) is 0 Å². The van der Waals surface area contributed by atoms with Gasteiger partial charge in [-0.1, -0.05) is 15.9 Å². The molecule has 0 saturated carbocycles. The maximum Gasteiger partial charge on any atom is 0.169 e. The van der Waals surface area contributed by atoms with Crippen molar-refractivity contribution in [2.75, 3.05) is 14.2 Å². The second kappa shape index (κ2) is 4.46. The molecule has 0 aliphatic carbocycles. The van der Waals surface area contributed by atoms with E-state index in [2.05, 4.69) is 15.9 Å². The fourth-order valence-electron chi connectivity index (χ4n) is 0.991. The average molecular weight is 249 g/mol. The van der Waals surface area contributed by atoms with E-state index in [1.165, 1.54) is 20.3 Å². The molecule has 1 rings (SSSR count). The first-order valence-corrected chi connectivity index (χ1v) is 4.81. The lowest BCUT2D eigenvalue weighted by Crippen LogP contribution is -1.95. The Morgan fingerprint density at radius 2 is 2.00 bits per heavy atom. The molecule has 0 fully saturated rings. The number of hydrogen-bond donors (Lipinski definition) is 0. The molecule has 0 saturated heterocycles. The molecule has 1 aromatic carbocycles. The zero-order chi connectivity index (χ0) is 9.84. The van der Waals surface area contributed by atoms with Gasteiger partial charge < -0.3 is 9.47 Å². The molecule has 0 aliphatic rings. The highest BCUT2D eigenvalue weighted by molar-refractivity contribution is 9.08. The lowest BCUT2D eigenvalue weighted by molar-refractivity contribution is 0.372. The molecule has 0 amide bonds. The number of rotatable bonds is 3. The van der Waals surface area contributed by atoms with E-state index in [-0.39, 0.29) is 11.6 Å². The Balaban J connectivity index is 3.20. The smallest absolute Gasteiger partial charge is 0.169 e. The minimum Gasteiger partial charge on any atom is -0.497 e. The molecule has 0 N–H and O–H groups in total. The van der Waals surface area contributed by atoms with Gasteiger partial charge in [-0.25, -0.2) is 4.39 Å². The second-order valence-corrected chi connectivity index (χ2v) is 3.00. The summed E-state index contributed by atoms with van der Waals surface area (Å²) in [6.45, 7) is 0. The van der Waals surface area contributed by atoms with Crippen molar-refractivity contribution in [2.45, 2.75) is 5.33 Å². The number of hydrogen-bond acceptors (Lipinski definition) is 2. The molecule has 0 radical (unpaired) electrons. The number of alkyl halides is 1. The highest BCUT2D eigenvalue weighted by Crippen LogP contribution is 2.28. The minimum absolute atomic E-state index is 0.203. The van der Waals surface area contributed by atoms with Crippen LogP contribution in [-0.2, 0) is 5.33 Å². The van der Waals surface area contributed by atoms with Gasteiger partial charge in [-0.3, -0.25) is 0 Å². The predicted molar refractivity (Wildman–Crippen MR) is 52.1 cm³/mol. The van der Waals surface area contributed by atoms with Crippen LogP contribution in [0.4, 0.5) is 4.39 Å². The summed E-state index contributed by atoms with van der Waals surface area (Å²) in [5.74, 6) is 0.446. The Morgan fingerprint density at radius 3 is 2.46 bits per heavy atom. The fraction of sp³-hybridized carbons (Fsp3) is 0.333. The minimum atomic E-state index is -0.347. The predicted octanol–water partition coefficient (Wildman–Crippen LogP) is 2.74. The van der Waals surface area contributed by atoms with Crippen molar-refractivity contribution in [1.82, 2.24) is 0 Å². The van der Waals surface area contributed by atoms with Crippen molar-refractivity contribution < 1.29 is 13.9 Å². The van der Waals surface area contributed by atoms with Gasteiger partial charge in [0.2, 0.25) is 0 Å². The van der Waals surface area contributed by atoms with E-state index in [1.807, 2.05) is 0 Å². The van der Waals surface area contributed by atoms with Gasteiger partial charge in [-0.05, 0) is 6.07 Å². The van der Waals surface area contributed by atoms with Crippen molar-refractivity contribution >= 4 is 15.9 Å². The molecular formula is C9H10BrFO2. The third-order valence-electron chi connectivity index (χ3n) is 1.69. The SMILES string of the molecule is COc1cc(CBr)c(F)c(OC)c1. The van der Waals surface area contributed by atoms with Gasteiger partial charge >= 0.3 is 0 Å². The maximum atomic E-state index is 13.4. The monoisotopic (exact) mass is 248 g/mol. The summed E-state index contributed by atoms with van der Waals surface area (Å²) in [7, 11) is 2.96. The van der Waals surface area contributed by atoms with Crippen LogP contribution in [0.5, 0.6) is 11.5 Å². The molecule has 0 bridgehead atoms. The normalized spacial score (nSPS) is 9.85. The van der Waals surface area contributed by atoms with Crippen molar-refractivity contribution in [3.63, 3.8) is 0 Å². The molecule has 0 aromatic heterocycles. The molecular weight excluding hydrogens is 239 g/mol. The van der Waals surface area contributed by atoms with Crippen LogP contribution >= 0.6 is 15.9 Å². The highest BCUT2D eigenvalue weighted by atomic mass is 79.9. The molecule has 13 heavy (non-hydrogen) atoms. The number of ether oxygens (including phenoxy) is 2. The molecule has 72 valence electrons. The van der Waals surface area contributed by atoms with E-state index in [0.717, 1.165) is 0 Å². The molecule has 0 aliphatic heterocycles. The first kappa shape index (κ1) is 10.3. The standard InChI is InChI=1S/C9H10BrFO2/c1-12-7-3-6(5-10)9(11)8(4-7)13-2/h3-4H,5H2,1-2H3. The van der Waals surface area contributed by atoms with Crippen molar-refractivity contribution in [3.8, 4) is 11.5 Å². The third-order valence-corrected chi connectivity index (χ3v) is 2.29. The van der Waals surface area contributed by atoms with Crippen LogP contribution in [-0.4, -0.2) is 14.2 Å². The van der Waals surface area contributed by atoms with Gasteiger partial charge in [0.15, 0.2) is 11.6 Å². The Kier molecular flexibility index (Phi) is 3.54. The van der Waals surface area contributed by atoms with Crippen molar-refractivity contribution in [1.29, 1.82) is 0 Å². The van der Waals surface area contributed by atoms with Crippen molar-refractivity contribution in [2.24, 2.45) is 0 Å². The lowest BCUT2D eigenvalue weighted by atomic mass is 10.2. The second-order valence-electron chi connectivity index (χ2n) is 2.44. The van der Waals surface area contributed by atoms with Gasteiger partial charge in [0.25, 0.3) is 0 Å². The summed E-state index contributed by atoms with van der Waals surface area (Å²) in [6.07, 6.45) is 0. The molecule has 0 spiro atoms. The summed E-state index contributed by atoms with van der Waals surface area (Å²) in [4.78, 5) is 0. The molecule has 2 nitrogen and oxygen atoms in total. The number of benzene rings is 1. The quantitative estimate of drug-likeness (QED) is 0.767. The van der Waals surface area contributed by atoms with Crippen LogP contribution in [0, 0.1) is 5.82 Å². The van der Waals surface area contributed by atoms with Crippen LogP contribution in [0.1, 0.15) is 5.56 Å². The van der Waals surface area contributed by atoms with Gasteiger partial charge in [-0.15, -0.1) is 0 Å². The Morgan fingerprint density at radius 1 is 1.31 bits per heavy atom. The van der Waals surface area contributed by atoms with Crippen LogP contribution in [0.15, 0.2) is 12.1 Å². The van der Waals surface area contributed by atoms with Gasteiger partial charge in [0.05, 0.1) is 14.2 Å². The van der Waals surface area contributed by atoms with Gasteiger partial charge in [0, 0.05) is 17.0 Å². The molecule has 4 heteroatoms. The zero-order valence-electron chi connectivity index (χ0n) is 7.43.